The van der Waals surface area contributed by atoms with Crippen molar-refractivity contribution in [2.24, 2.45) is 0 Å². The number of para-hydroxylation sites is 1. The van der Waals surface area contributed by atoms with Crippen molar-refractivity contribution in [3.8, 4) is 5.75 Å². The number of hydrogen-bond donors (Lipinski definition) is 1. The minimum absolute atomic E-state index is 0.252. The van der Waals surface area contributed by atoms with Crippen LogP contribution in [0.3, 0.4) is 0 Å². The molecule has 1 aromatic heterocycles. The number of benzene rings is 2. The average Bonchev–Trinajstić information content (AvgIpc) is 2.89. The molecule has 5 heteroatoms. The van der Waals surface area contributed by atoms with Crippen molar-refractivity contribution in [3.05, 3.63) is 64.4 Å². The maximum Gasteiger partial charge on any atom is 0.248 e. The van der Waals surface area contributed by atoms with E-state index < -0.39 is 0 Å². The summed E-state index contributed by atoms with van der Waals surface area (Å²) in [6, 6.07) is 11.0. The van der Waals surface area contributed by atoms with E-state index in [1.807, 2.05) is 45.0 Å². The second-order valence-corrected chi connectivity index (χ2v) is 6.54. The minimum Gasteiger partial charge on any atom is -0.496 e. The van der Waals surface area contributed by atoms with Gasteiger partial charge in [0.15, 0.2) is 0 Å². The highest BCUT2D eigenvalue weighted by molar-refractivity contribution is 6.33. The van der Waals surface area contributed by atoms with Gasteiger partial charge >= 0.3 is 0 Å². The molecular weight excluding hydrogens is 350 g/mol. The maximum absolute atomic E-state index is 12.4. The lowest BCUT2D eigenvalue weighted by molar-refractivity contribution is -0.111. The van der Waals surface area contributed by atoms with Gasteiger partial charge in [0, 0.05) is 23.1 Å². The Kier molecular flexibility index (Phi) is 5.05. The van der Waals surface area contributed by atoms with Crippen molar-refractivity contribution in [2.45, 2.75) is 20.8 Å². The van der Waals surface area contributed by atoms with Crippen LogP contribution in [0.5, 0.6) is 5.75 Å². The van der Waals surface area contributed by atoms with Crippen molar-refractivity contribution >= 4 is 39.7 Å². The lowest BCUT2D eigenvalue weighted by Gasteiger charge is -2.10. The van der Waals surface area contributed by atoms with E-state index in [2.05, 4.69) is 5.32 Å². The van der Waals surface area contributed by atoms with Crippen LogP contribution in [0.15, 0.2) is 46.9 Å². The third-order valence-corrected chi connectivity index (χ3v) is 4.73. The number of methoxy groups -OCH3 is 1. The number of hydrogen-bond acceptors (Lipinski definition) is 3. The number of rotatable bonds is 4. The molecule has 0 aliphatic heterocycles. The molecule has 0 aliphatic rings. The summed E-state index contributed by atoms with van der Waals surface area (Å²) in [5, 5.41) is 4.30. The number of halogens is 1. The van der Waals surface area contributed by atoms with Crippen molar-refractivity contribution in [1.29, 1.82) is 0 Å². The van der Waals surface area contributed by atoms with Gasteiger partial charge in [-0.15, -0.1) is 0 Å². The number of allylic oxidation sites excluding steroid dienone is 1. The largest absolute Gasteiger partial charge is 0.496 e. The SMILES string of the molecule is COc1cc2oc(C)c(C)c2cc1/C(C)=C/C(=O)Nc1ccccc1Cl. The first-order valence-electron chi connectivity index (χ1n) is 8.22. The van der Waals surface area contributed by atoms with Gasteiger partial charge in [-0.1, -0.05) is 23.7 Å². The second-order valence-electron chi connectivity index (χ2n) is 6.13. The fourth-order valence-electron chi connectivity index (χ4n) is 2.85. The molecule has 3 aromatic rings. The van der Waals surface area contributed by atoms with E-state index in [9.17, 15) is 4.79 Å². The summed E-state index contributed by atoms with van der Waals surface area (Å²) in [5.74, 6) is 1.28. The average molecular weight is 370 g/mol. The van der Waals surface area contributed by atoms with Crippen LogP contribution in [0.25, 0.3) is 16.5 Å². The van der Waals surface area contributed by atoms with Crippen molar-refractivity contribution < 1.29 is 13.9 Å². The Morgan fingerprint density at radius 3 is 2.65 bits per heavy atom. The summed E-state index contributed by atoms with van der Waals surface area (Å²) in [4.78, 5) is 12.4. The third-order valence-electron chi connectivity index (χ3n) is 4.40. The molecule has 0 saturated carbocycles. The number of carbonyl (C=O) groups is 1. The maximum atomic E-state index is 12.4. The fourth-order valence-corrected chi connectivity index (χ4v) is 3.04. The number of nitrogens with one attached hydrogen (secondary N) is 1. The quantitative estimate of drug-likeness (QED) is 0.595. The number of aryl methyl sites for hydroxylation is 2. The normalized spacial score (nSPS) is 11.7. The van der Waals surface area contributed by atoms with Crippen LogP contribution in [0.2, 0.25) is 5.02 Å². The number of anilines is 1. The van der Waals surface area contributed by atoms with Crippen molar-refractivity contribution in [2.75, 3.05) is 12.4 Å². The molecule has 0 radical (unpaired) electrons. The van der Waals surface area contributed by atoms with Crippen LogP contribution in [-0.2, 0) is 4.79 Å². The van der Waals surface area contributed by atoms with Crippen LogP contribution in [0.4, 0.5) is 5.69 Å². The Labute approximate surface area is 157 Å². The first-order valence-corrected chi connectivity index (χ1v) is 8.60. The first kappa shape index (κ1) is 18.1. The zero-order valence-corrected chi connectivity index (χ0v) is 15.9. The van der Waals surface area contributed by atoms with Gasteiger partial charge in [0.25, 0.3) is 0 Å². The molecule has 134 valence electrons. The molecule has 0 atom stereocenters. The molecule has 2 aromatic carbocycles. The molecular formula is C21H20ClNO3. The van der Waals surface area contributed by atoms with Gasteiger partial charge in [-0.2, -0.15) is 0 Å². The smallest absolute Gasteiger partial charge is 0.248 e. The molecule has 26 heavy (non-hydrogen) atoms. The van der Waals surface area contributed by atoms with E-state index in [-0.39, 0.29) is 5.91 Å². The van der Waals surface area contributed by atoms with E-state index >= 15 is 0 Å². The Hall–Kier alpha value is -2.72. The van der Waals surface area contributed by atoms with Crippen molar-refractivity contribution in [3.63, 3.8) is 0 Å². The van der Waals surface area contributed by atoms with E-state index in [0.717, 1.165) is 33.4 Å². The monoisotopic (exact) mass is 369 g/mol. The molecule has 0 aliphatic carbocycles. The van der Waals surface area contributed by atoms with Crippen LogP contribution < -0.4 is 10.1 Å². The lowest BCUT2D eigenvalue weighted by Crippen LogP contribution is -2.09. The van der Waals surface area contributed by atoms with Gasteiger partial charge in [0.1, 0.15) is 17.1 Å². The Balaban J connectivity index is 1.96. The number of furan rings is 1. The first-order chi connectivity index (χ1) is 12.4. The third kappa shape index (κ3) is 3.46. The molecule has 0 spiro atoms. The molecule has 1 heterocycles. The topological polar surface area (TPSA) is 51.5 Å². The number of carbonyl (C=O) groups excluding carboxylic acids is 1. The van der Waals surface area contributed by atoms with Crippen LogP contribution in [-0.4, -0.2) is 13.0 Å². The van der Waals surface area contributed by atoms with Gasteiger partial charge in [-0.05, 0) is 50.1 Å². The minimum atomic E-state index is -0.252. The highest BCUT2D eigenvalue weighted by atomic mass is 35.5. The fraction of sp³-hybridized carbons (Fsp3) is 0.190. The summed E-state index contributed by atoms with van der Waals surface area (Å²) in [6.07, 6.45) is 1.54. The van der Waals surface area contributed by atoms with E-state index in [1.54, 1.807) is 19.2 Å². The van der Waals surface area contributed by atoms with E-state index in [4.69, 9.17) is 20.8 Å². The zero-order chi connectivity index (χ0) is 18.8. The Morgan fingerprint density at radius 1 is 1.23 bits per heavy atom. The zero-order valence-electron chi connectivity index (χ0n) is 15.1. The molecule has 3 rings (SSSR count). The second kappa shape index (κ2) is 7.26. The number of amides is 1. The summed E-state index contributed by atoms with van der Waals surface area (Å²) in [7, 11) is 1.60. The Morgan fingerprint density at radius 2 is 1.96 bits per heavy atom. The van der Waals surface area contributed by atoms with Gasteiger partial charge < -0.3 is 14.5 Å². The van der Waals surface area contributed by atoms with Crippen LogP contribution in [0.1, 0.15) is 23.8 Å². The van der Waals surface area contributed by atoms with Gasteiger partial charge in [-0.25, -0.2) is 0 Å². The van der Waals surface area contributed by atoms with Crippen LogP contribution >= 0.6 is 11.6 Å². The summed E-state index contributed by atoms with van der Waals surface area (Å²) in [6.45, 7) is 5.82. The molecule has 0 fully saturated rings. The lowest BCUT2D eigenvalue weighted by atomic mass is 10.0. The molecule has 0 unspecified atom stereocenters. The van der Waals surface area contributed by atoms with E-state index in [0.29, 0.717) is 16.5 Å². The summed E-state index contributed by atoms with van der Waals surface area (Å²) < 4.78 is 11.2. The predicted octanol–water partition coefficient (Wildman–Crippen LogP) is 5.75. The standard InChI is InChI=1S/C21H20ClNO3/c1-12(9-21(24)23-18-8-6-5-7-17(18)22)15-10-16-13(2)14(3)26-20(16)11-19(15)25-4/h5-11H,1-4H3,(H,23,24)/b12-9+. The molecule has 1 N–H and O–H groups in total. The van der Waals surface area contributed by atoms with Gasteiger partial charge in [0.05, 0.1) is 17.8 Å². The Bertz CT molecular complexity index is 1020. The highest BCUT2D eigenvalue weighted by Crippen LogP contribution is 2.34. The van der Waals surface area contributed by atoms with Crippen molar-refractivity contribution in [1.82, 2.24) is 0 Å². The molecule has 4 nitrogen and oxygen atoms in total. The number of ether oxygens (including phenoxy) is 1. The summed E-state index contributed by atoms with van der Waals surface area (Å²) in [5.41, 5.74) is 4.06. The van der Waals surface area contributed by atoms with Gasteiger partial charge in [-0.3, -0.25) is 4.79 Å². The predicted molar refractivity (Wildman–Crippen MR) is 106 cm³/mol. The molecule has 1 amide bonds. The summed E-state index contributed by atoms with van der Waals surface area (Å²) >= 11 is 6.09. The number of fused-ring (bicyclic) bond motifs is 1. The molecule has 0 bridgehead atoms. The molecule has 0 saturated heterocycles. The van der Waals surface area contributed by atoms with E-state index in [1.165, 1.54) is 6.08 Å². The van der Waals surface area contributed by atoms with Crippen LogP contribution in [0, 0.1) is 13.8 Å². The van der Waals surface area contributed by atoms with Gasteiger partial charge in [0.2, 0.25) is 5.91 Å². The highest BCUT2D eigenvalue weighted by Gasteiger charge is 2.14.